The number of para-hydroxylation sites is 1. The van der Waals surface area contributed by atoms with Gasteiger partial charge in [0.2, 0.25) is 0 Å². The summed E-state index contributed by atoms with van der Waals surface area (Å²) in [7, 11) is -0.420. The molecule has 10 heteroatoms. The summed E-state index contributed by atoms with van der Waals surface area (Å²) in [6, 6.07) is 11.7. The maximum atomic E-state index is 12.8. The predicted molar refractivity (Wildman–Crippen MR) is 103 cm³/mol. The molecular weight excluding hydrogens is 440 g/mol. The fourth-order valence-corrected chi connectivity index (χ4v) is 4.84. The lowest BCUT2D eigenvalue weighted by Crippen LogP contribution is -2.13. The molecule has 0 atom stereocenters. The topological polar surface area (TPSA) is 86.1 Å². The van der Waals surface area contributed by atoms with Crippen LogP contribution in [0.15, 0.2) is 68.2 Å². The van der Waals surface area contributed by atoms with Crippen molar-refractivity contribution in [1.29, 1.82) is 0 Å². The van der Waals surface area contributed by atoms with E-state index in [1.54, 1.807) is 29.1 Å². The zero-order chi connectivity index (χ0) is 18.7. The van der Waals surface area contributed by atoms with Gasteiger partial charge in [-0.05, 0) is 58.0 Å². The standard InChI is InChI=1S/C16H15BrN4O3S2/c1-21-10-18-19-16(21)25-15-6-4-3-5-13(15)20-26(22,23)11-7-8-14(24-2)12(17)9-11/h3-10,20H,1-2H3. The van der Waals surface area contributed by atoms with Crippen molar-refractivity contribution in [2.24, 2.45) is 7.05 Å². The van der Waals surface area contributed by atoms with Crippen molar-refractivity contribution in [3.8, 4) is 5.75 Å². The lowest BCUT2D eigenvalue weighted by Gasteiger charge is -2.13. The number of methoxy groups -OCH3 is 1. The Morgan fingerprint density at radius 2 is 2.00 bits per heavy atom. The highest BCUT2D eigenvalue weighted by molar-refractivity contribution is 9.10. The summed E-state index contributed by atoms with van der Waals surface area (Å²) in [4.78, 5) is 0.850. The summed E-state index contributed by atoms with van der Waals surface area (Å²) < 4.78 is 35.6. The zero-order valence-corrected chi connectivity index (χ0v) is 17.1. The van der Waals surface area contributed by atoms with Gasteiger partial charge in [-0.3, -0.25) is 4.72 Å². The van der Waals surface area contributed by atoms with Crippen LogP contribution in [0.1, 0.15) is 0 Å². The third-order valence-corrected chi connectivity index (χ3v) is 6.55. The molecule has 0 fully saturated rings. The number of halogens is 1. The van der Waals surface area contributed by atoms with Gasteiger partial charge in [0.25, 0.3) is 10.0 Å². The molecule has 0 aliphatic heterocycles. The first kappa shape index (κ1) is 18.7. The number of hydrogen-bond donors (Lipinski definition) is 1. The molecule has 0 aliphatic rings. The molecule has 0 radical (unpaired) electrons. The van der Waals surface area contributed by atoms with Crippen molar-refractivity contribution in [3.05, 3.63) is 53.3 Å². The number of aryl methyl sites for hydroxylation is 1. The molecule has 0 amide bonds. The van der Waals surface area contributed by atoms with Gasteiger partial charge in [-0.2, -0.15) is 0 Å². The van der Waals surface area contributed by atoms with E-state index in [0.29, 0.717) is 21.1 Å². The van der Waals surface area contributed by atoms with Crippen LogP contribution in [0.2, 0.25) is 0 Å². The zero-order valence-electron chi connectivity index (χ0n) is 13.9. The number of aromatic nitrogens is 3. The van der Waals surface area contributed by atoms with Gasteiger partial charge >= 0.3 is 0 Å². The van der Waals surface area contributed by atoms with Gasteiger partial charge in [0, 0.05) is 11.9 Å². The van der Waals surface area contributed by atoms with Crippen LogP contribution in [0.3, 0.4) is 0 Å². The molecule has 0 saturated heterocycles. The van der Waals surface area contributed by atoms with Gasteiger partial charge < -0.3 is 9.30 Å². The smallest absolute Gasteiger partial charge is 0.261 e. The molecule has 26 heavy (non-hydrogen) atoms. The van der Waals surface area contributed by atoms with Crippen LogP contribution in [0.25, 0.3) is 0 Å². The molecule has 0 aliphatic carbocycles. The SMILES string of the molecule is COc1ccc(S(=O)(=O)Nc2ccccc2Sc2nncn2C)cc1Br. The molecule has 3 aromatic rings. The number of rotatable bonds is 6. The van der Waals surface area contributed by atoms with Crippen LogP contribution in [0.5, 0.6) is 5.75 Å². The van der Waals surface area contributed by atoms with Gasteiger partial charge in [-0.25, -0.2) is 8.42 Å². The Kier molecular flexibility index (Phi) is 5.54. The highest BCUT2D eigenvalue weighted by Crippen LogP contribution is 2.34. The molecular formula is C16H15BrN4O3S2. The number of nitrogens with one attached hydrogen (secondary N) is 1. The van der Waals surface area contributed by atoms with Crippen molar-refractivity contribution in [2.45, 2.75) is 14.9 Å². The monoisotopic (exact) mass is 454 g/mol. The molecule has 1 aromatic heterocycles. The van der Waals surface area contributed by atoms with E-state index in [-0.39, 0.29) is 4.90 Å². The lowest BCUT2D eigenvalue weighted by molar-refractivity contribution is 0.411. The van der Waals surface area contributed by atoms with Crippen molar-refractivity contribution in [3.63, 3.8) is 0 Å². The first-order valence-corrected chi connectivity index (χ1v) is 10.5. The normalized spacial score (nSPS) is 11.3. The van der Waals surface area contributed by atoms with E-state index >= 15 is 0 Å². The lowest BCUT2D eigenvalue weighted by atomic mass is 10.3. The van der Waals surface area contributed by atoms with Gasteiger partial charge in [-0.1, -0.05) is 12.1 Å². The number of benzene rings is 2. The summed E-state index contributed by atoms with van der Waals surface area (Å²) >= 11 is 4.63. The van der Waals surface area contributed by atoms with E-state index in [4.69, 9.17) is 4.74 Å². The van der Waals surface area contributed by atoms with E-state index in [2.05, 4.69) is 30.8 Å². The number of sulfonamides is 1. The fourth-order valence-electron chi connectivity index (χ4n) is 2.12. The average molecular weight is 455 g/mol. The first-order chi connectivity index (χ1) is 12.4. The van der Waals surface area contributed by atoms with Gasteiger partial charge in [0.15, 0.2) is 5.16 Å². The highest BCUT2D eigenvalue weighted by atomic mass is 79.9. The van der Waals surface area contributed by atoms with Crippen LogP contribution >= 0.6 is 27.7 Å². The Balaban J connectivity index is 1.91. The maximum Gasteiger partial charge on any atom is 0.261 e. The largest absolute Gasteiger partial charge is 0.496 e. The molecule has 1 heterocycles. The molecule has 2 aromatic carbocycles. The Bertz CT molecular complexity index is 1040. The second-order valence-corrected chi connectivity index (χ2v) is 8.77. The first-order valence-electron chi connectivity index (χ1n) is 7.38. The Morgan fingerprint density at radius 1 is 1.23 bits per heavy atom. The fraction of sp³-hybridized carbons (Fsp3) is 0.125. The van der Waals surface area contributed by atoms with Crippen molar-refractivity contribution >= 4 is 43.4 Å². The quantitative estimate of drug-likeness (QED) is 0.612. The molecule has 136 valence electrons. The minimum absolute atomic E-state index is 0.128. The summed E-state index contributed by atoms with van der Waals surface area (Å²) in [5.74, 6) is 0.558. The minimum atomic E-state index is -3.76. The molecule has 3 rings (SSSR count). The van der Waals surface area contributed by atoms with Crippen LogP contribution < -0.4 is 9.46 Å². The molecule has 7 nitrogen and oxygen atoms in total. The summed E-state index contributed by atoms with van der Waals surface area (Å²) in [5, 5.41) is 8.50. The second-order valence-electron chi connectivity index (χ2n) is 5.22. The summed E-state index contributed by atoms with van der Waals surface area (Å²) in [5.41, 5.74) is 0.465. The average Bonchev–Trinajstić information content (AvgIpc) is 3.01. The second kappa shape index (κ2) is 7.68. The summed E-state index contributed by atoms with van der Waals surface area (Å²) in [6.07, 6.45) is 1.59. The Morgan fingerprint density at radius 3 is 2.65 bits per heavy atom. The van der Waals surface area contributed by atoms with E-state index < -0.39 is 10.0 Å². The molecule has 0 saturated carbocycles. The molecule has 1 N–H and O–H groups in total. The molecule has 0 spiro atoms. The third kappa shape index (κ3) is 4.02. The Hall–Kier alpha value is -2.04. The van der Waals surface area contributed by atoms with E-state index in [0.717, 1.165) is 4.90 Å². The van der Waals surface area contributed by atoms with Crippen LogP contribution in [-0.2, 0) is 17.1 Å². The minimum Gasteiger partial charge on any atom is -0.496 e. The van der Waals surface area contributed by atoms with Crippen LogP contribution in [-0.4, -0.2) is 30.3 Å². The predicted octanol–water partition coefficient (Wildman–Crippen LogP) is 3.54. The molecule has 0 unspecified atom stereocenters. The van der Waals surface area contributed by atoms with Crippen molar-refractivity contribution in [1.82, 2.24) is 14.8 Å². The number of nitrogens with zero attached hydrogens (tertiary/aromatic N) is 3. The van der Waals surface area contributed by atoms with Crippen LogP contribution in [0.4, 0.5) is 5.69 Å². The van der Waals surface area contributed by atoms with Gasteiger partial charge in [0.1, 0.15) is 12.1 Å². The van der Waals surface area contributed by atoms with Gasteiger partial charge in [-0.15, -0.1) is 10.2 Å². The van der Waals surface area contributed by atoms with Crippen molar-refractivity contribution in [2.75, 3.05) is 11.8 Å². The highest BCUT2D eigenvalue weighted by Gasteiger charge is 2.18. The van der Waals surface area contributed by atoms with Crippen LogP contribution in [0, 0.1) is 0 Å². The van der Waals surface area contributed by atoms with Crippen molar-refractivity contribution < 1.29 is 13.2 Å². The number of ether oxygens (including phenoxy) is 1. The van der Waals surface area contributed by atoms with E-state index in [1.807, 2.05) is 19.2 Å². The number of anilines is 1. The summed E-state index contributed by atoms with van der Waals surface area (Å²) in [6.45, 7) is 0. The van der Waals surface area contributed by atoms with Gasteiger partial charge in [0.05, 0.1) is 22.2 Å². The third-order valence-electron chi connectivity index (χ3n) is 3.44. The maximum absolute atomic E-state index is 12.8. The Labute approximate surface area is 164 Å². The number of hydrogen-bond acceptors (Lipinski definition) is 6. The van der Waals surface area contributed by atoms with E-state index in [1.165, 1.54) is 31.0 Å². The molecule has 0 bridgehead atoms. The van der Waals surface area contributed by atoms with E-state index in [9.17, 15) is 8.42 Å².